The molecule has 3 aromatic rings. The molecule has 0 radical (unpaired) electrons. The number of amides is 2. The highest BCUT2D eigenvalue weighted by molar-refractivity contribution is 6.05. The Morgan fingerprint density at radius 3 is 2.52 bits per heavy atom. The highest BCUT2D eigenvalue weighted by Gasteiger charge is 2.17. The minimum Gasteiger partial charge on any atom is -0.273 e. The average Bonchev–Trinajstić information content (AvgIpc) is 3.23. The number of aromatic nitrogens is 4. The number of hydrogen-bond donors (Lipinski definition) is 3. The van der Waals surface area contributed by atoms with Gasteiger partial charge in [-0.25, -0.2) is 4.68 Å². The molecule has 0 fully saturated rings. The van der Waals surface area contributed by atoms with Gasteiger partial charge >= 0.3 is 0 Å². The lowest BCUT2D eigenvalue weighted by atomic mass is 10.1. The van der Waals surface area contributed by atoms with E-state index >= 15 is 0 Å². The summed E-state index contributed by atoms with van der Waals surface area (Å²) in [6.45, 7) is 2.50. The fourth-order valence-electron chi connectivity index (χ4n) is 2.69. The van der Waals surface area contributed by atoms with E-state index in [0.717, 1.165) is 19.3 Å². The van der Waals surface area contributed by atoms with E-state index in [9.17, 15) is 14.4 Å². The van der Waals surface area contributed by atoms with Crippen molar-refractivity contribution in [2.75, 3.05) is 0 Å². The summed E-state index contributed by atoms with van der Waals surface area (Å²) in [6, 6.07) is 8.26. The molecule has 0 atom stereocenters. The van der Waals surface area contributed by atoms with Crippen LogP contribution in [-0.4, -0.2) is 31.8 Å². The quantitative estimate of drug-likeness (QED) is 0.448. The Morgan fingerprint density at radius 2 is 1.81 bits per heavy atom. The maximum Gasteiger partial charge on any atom is 0.290 e. The molecule has 0 unspecified atom stereocenters. The number of fused-ring (bicyclic) bond motifs is 1. The predicted molar refractivity (Wildman–Crippen MR) is 99.0 cm³/mol. The van der Waals surface area contributed by atoms with Crippen molar-refractivity contribution in [3.63, 3.8) is 0 Å². The zero-order valence-electron chi connectivity index (χ0n) is 14.9. The van der Waals surface area contributed by atoms with Crippen molar-refractivity contribution >= 4 is 22.6 Å². The molecule has 2 heterocycles. The van der Waals surface area contributed by atoms with Crippen LogP contribution in [0.1, 0.15) is 47.2 Å². The van der Waals surface area contributed by atoms with Gasteiger partial charge in [0.1, 0.15) is 5.69 Å². The van der Waals surface area contributed by atoms with Crippen LogP contribution >= 0.6 is 0 Å². The van der Waals surface area contributed by atoms with E-state index in [0.29, 0.717) is 17.3 Å². The average molecular weight is 368 g/mol. The van der Waals surface area contributed by atoms with Crippen molar-refractivity contribution in [1.29, 1.82) is 0 Å². The second-order valence-electron chi connectivity index (χ2n) is 6.01. The number of H-pyrrole nitrogens is 1. The number of carbonyl (C=O) groups excluding carboxylic acids is 2. The van der Waals surface area contributed by atoms with E-state index in [2.05, 4.69) is 33.1 Å². The molecule has 0 aliphatic heterocycles. The van der Waals surface area contributed by atoms with Gasteiger partial charge in [0.25, 0.3) is 17.4 Å². The second-order valence-corrected chi connectivity index (χ2v) is 6.01. The number of unbranched alkanes of at least 4 members (excludes halogenated alkanes) is 2. The number of rotatable bonds is 6. The van der Waals surface area contributed by atoms with Gasteiger partial charge < -0.3 is 0 Å². The van der Waals surface area contributed by atoms with Crippen molar-refractivity contribution in [2.45, 2.75) is 32.7 Å². The van der Waals surface area contributed by atoms with Crippen LogP contribution < -0.4 is 16.4 Å². The highest BCUT2D eigenvalue weighted by Crippen LogP contribution is 2.13. The second kappa shape index (κ2) is 8.26. The molecular weight excluding hydrogens is 348 g/mol. The molecule has 0 saturated carbocycles. The standard InChI is InChI=1S/C18H20N6O3/c1-2-3-6-11-24-18(27)13-8-5-4-7-12(13)15(23-24)17(26)22-21-16(25)14-9-10-19-20-14/h4-5,7-10H,2-3,6,11H2,1H3,(H,19,20)(H,21,25)(H,22,26). The van der Waals surface area contributed by atoms with Crippen LogP contribution in [0.3, 0.4) is 0 Å². The molecule has 9 nitrogen and oxygen atoms in total. The normalized spacial score (nSPS) is 10.7. The summed E-state index contributed by atoms with van der Waals surface area (Å²) in [5.74, 6) is -1.15. The van der Waals surface area contributed by atoms with Gasteiger partial charge in [0.2, 0.25) is 0 Å². The van der Waals surface area contributed by atoms with Gasteiger partial charge in [-0.1, -0.05) is 38.0 Å². The van der Waals surface area contributed by atoms with Gasteiger partial charge in [-0.15, -0.1) is 0 Å². The Labute approximate surface area is 154 Å². The summed E-state index contributed by atoms with van der Waals surface area (Å²) < 4.78 is 1.31. The van der Waals surface area contributed by atoms with Crippen LogP contribution in [0.5, 0.6) is 0 Å². The first-order chi connectivity index (χ1) is 13.1. The number of benzene rings is 1. The first-order valence-electron chi connectivity index (χ1n) is 8.71. The number of nitrogens with one attached hydrogen (secondary N) is 3. The number of hydrazine groups is 1. The molecule has 0 aliphatic rings. The summed E-state index contributed by atoms with van der Waals surface area (Å²) in [7, 11) is 0. The molecule has 0 aliphatic carbocycles. The highest BCUT2D eigenvalue weighted by atomic mass is 16.2. The van der Waals surface area contributed by atoms with Crippen LogP contribution in [0.2, 0.25) is 0 Å². The summed E-state index contributed by atoms with van der Waals surface area (Å²) >= 11 is 0. The third-order valence-corrected chi connectivity index (χ3v) is 4.09. The van der Waals surface area contributed by atoms with E-state index < -0.39 is 11.8 Å². The van der Waals surface area contributed by atoms with Crippen LogP contribution in [-0.2, 0) is 6.54 Å². The number of carbonyl (C=O) groups is 2. The van der Waals surface area contributed by atoms with Crippen LogP contribution in [0, 0.1) is 0 Å². The molecule has 2 aromatic heterocycles. The van der Waals surface area contributed by atoms with Crippen molar-refractivity contribution < 1.29 is 9.59 Å². The first-order valence-corrected chi connectivity index (χ1v) is 8.71. The molecule has 0 saturated heterocycles. The summed E-state index contributed by atoms with van der Waals surface area (Å²) in [5.41, 5.74) is 4.67. The van der Waals surface area contributed by atoms with Gasteiger partial charge in [0, 0.05) is 18.1 Å². The van der Waals surface area contributed by atoms with E-state index in [-0.39, 0.29) is 16.9 Å². The summed E-state index contributed by atoms with van der Waals surface area (Å²) in [5, 5.41) is 11.3. The van der Waals surface area contributed by atoms with Gasteiger partial charge in [-0.05, 0) is 18.6 Å². The Morgan fingerprint density at radius 1 is 1.07 bits per heavy atom. The minimum atomic E-state index is -0.608. The van der Waals surface area contributed by atoms with E-state index in [4.69, 9.17) is 0 Å². The lowest BCUT2D eigenvalue weighted by molar-refractivity contribution is 0.0841. The molecule has 0 spiro atoms. The molecule has 1 aromatic carbocycles. The lowest BCUT2D eigenvalue weighted by Crippen LogP contribution is -2.43. The van der Waals surface area contributed by atoms with E-state index in [1.54, 1.807) is 24.3 Å². The molecule has 2 amide bonds. The van der Waals surface area contributed by atoms with Crippen LogP contribution in [0.4, 0.5) is 0 Å². The van der Waals surface area contributed by atoms with Crippen LogP contribution in [0.15, 0.2) is 41.3 Å². The van der Waals surface area contributed by atoms with Gasteiger partial charge in [0.05, 0.1) is 5.39 Å². The topological polar surface area (TPSA) is 122 Å². The maximum atomic E-state index is 12.6. The molecule has 9 heteroatoms. The number of hydrogen-bond acceptors (Lipinski definition) is 5. The van der Waals surface area contributed by atoms with E-state index in [1.807, 2.05) is 0 Å². The summed E-state index contributed by atoms with van der Waals surface area (Å²) in [6.07, 6.45) is 4.19. The lowest BCUT2D eigenvalue weighted by Gasteiger charge is -2.11. The molecule has 0 bridgehead atoms. The minimum absolute atomic E-state index is 0.0756. The van der Waals surface area contributed by atoms with E-state index in [1.165, 1.54) is 16.9 Å². The zero-order chi connectivity index (χ0) is 19.2. The summed E-state index contributed by atoms with van der Waals surface area (Å²) in [4.78, 5) is 37.1. The molecule has 27 heavy (non-hydrogen) atoms. The zero-order valence-corrected chi connectivity index (χ0v) is 14.9. The number of aryl methyl sites for hydroxylation is 1. The Bertz CT molecular complexity index is 1010. The fourth-order valence-corrected chi connectivity index (χ4v) is 2.69. The maximum absolute atomic E-state index is 12.6. The fraction of sp³-hybridized carbons (Fsp3) is 0.278. The predicted octanol–water partition coefficient (Wildman–Crippen LogP) is 1.38. The van der Waals surface area contributed by atoms with Crippen molar-refractivity contribution in [3.05, 3.63) is 58.3 Å². The van der Waals surface area contributed by atoms with Crippen molar-refractivity contribution in [2.24, 2.45) is 0 Å². The third-order valence-electron chi connectivity index (χ3n) is 4.09. The Hall–Kier alpha value is -3.49. The van der Waals surface area contributed by atoms with Gasteiger partial charge in [-0.3, -0.25) is 30.3 Å². The van der Waals surface area contributed by atoms with Gasteiger partial charge in [-0.2, -0.15) is 10.2 Å². The molecule has 3 rings (SSSR count). The Balaban J connectivity index is 1.87. The molecule has 140 valence electrons. The smallest absolute Gasteiger partial charge is 0.273 e. The monoisotopic (exact) mass is 368 g/mol. The largest absolute Gasteiger partial charge is 0.290 e. The van der Waals surface area contributed by atoms with Crippen molar-refractivity contribution in [3.8, 4) is 0 Å². The van der Waals surface area contributed by atoms with Gasteiger partial charge in [0.15, 0.2) is 5.69 Å². The SMILES string of the molecule is CCCCCn1nc(C(=O)NNC(=O)c2ccn[nH]2)c2ccccc2c1=O. The van der Waals surface area contributed by atoms with Crippen molar-refractivity contribution in [1.82, 2.24) is 30.8 Å². The van der Waals surface area contributed by atoms with Crippen LogP contribution in [0.25, 0.3) is 10.8 Å². The number of nitrogens with zero attached hydrogens (tertiary/aromatic N) is 3. The third kappa shape index (κ3) is 4.02. The Kier molecular flexibility index (Phi) is 5.60. The first kappa shape index (κ1) is 18.3. The molecular formula is C18H20N6O3. The molecule has 3 N–H and O–H groups in total. The number of aromatic amines is 1.